The minimum absolute atomic E-state index is 0.144. The number of aliphatic carboxylic acids is 1. The number of carbonyl (C=O) groups is 2. The van der Waals surface area contributed by atoms with E-state index in [1.165, 1.54) is 4.90 Å². The maximum atomic E-state index is 11.4. The molecule has 0 fully saturated rings. The van der Waals surface area contributed by atoms with E-state index in [0.717, 1.165) is 0 Å². The molecule has 1 atom stereocenters. The van der Waals surface area contributed by atoms with E-state index in [0.29, 0.717) is 0 Å². The molecule has 1 unspecified atom stereocenters. The van der Waals surface area contributed by atoms with Crippen LogP contribution < -0.4 is 5.73 Å². The third-order valence-corrected chi connectivity index (χ3v) is 1.60. The van der Waals surface area contributed by atoms with Crippen molar-refractivity contribution in [2.45, 2.75) is 32.9 Å². The zero-order valence-corrected chi connectivity index (χ0v) is 8.15. The van der Waals surface area contributed by atoms with Gasteiger partial charge in [0.25, 0.3) is 0 Å². The number of amides is 1. The monoisotopic (exact) mass is 188 g/mol. The summed E-state index contributed by atoms with van der Waals surface area (Å²) < 4.78 is 0. The van der Waals surface area contributed by atoms with E-state index in [2.05, 4.69) is 0 Å². The van der Waals surface area contributed by atoms with Crippen LogP contribution in [0.1, 0.15) is 20.8 Å². The fourth-order valence-corrected chi connectivity index (χ4v) is 0.922. The van der Waals surface area contributed by atoms with Gasteiger partial charge >= 0.3 is 5.97 Å². The highest BCUT2D eigenvalue weighted by Crippen LogP contribution is 2.00. The van der Waals surface area contributed by atoms with Crippen molar-refractivity contribution in [1.29, 1.82) is 0 Å². The summed E-state index contributed by atoms with van der Waals surface area (Å²) in [5.74, 6) is -1.36. The first-order valence-corrected chi connectivity index (χ1v) is 4.14. The van der Waals surface area contributed by atoms with Gasteiger partial charge in [-0.05, 0) is 20.8 Å². The standard InChI is InChI=1S/C8H16N2O3/c1-5(2)10(4-7(11)12)8(13)6(3)9/h5-6H,4,9H2,1-3H3,(H,11,12). The van der Waals surface area contributed by atoms with Crippen LogP contribution in [0.2, 0.25) is 0 Å². The largest absolute Gasteiger partial charge is 0.480 e. The molecule has 0 aliphatic carbocycles. The second-order valence-electron chi connectivity index (χ2n) is 3.24. The Labute approximate surface area is 77.5 Å². The molecule has 0 spiro atoms. The predicted molar refractivity (Wildman–Crippen MR) is 48.1 cm³/mol. The summed E-state index contributed by atoms with van der Waals surface area (Å²) >= 11 is 0. The van der Waals surface area contributed by atoms with E-state index < -0.39 is 12.0 Å². The van der Waals surface area contributed by atoms with Crippen LogP contribution in [0.4, 0.5) is 0 Å². The van der Waals surface area contributed by atoms with Crippen molar-refractivity contribution in [2.24, 2.45) is 5.73 Å². The molecular formula is C8H16N2O3. The maximum absolute atomic E-state index is 11.4. The molecule has 1 amide bonds. The first-order chi connectivity index (χ1) is 5.86. The summed E-state index contributed by atoms with van der Waals surface area (Å²) in [7, 11) is 0. The topological polar surface area (TPSA) is 83.6 Å². The Hall–Kier alpha value is -1.10. The molecule has 0 rings (SSSR count). The summed E-state index contributed by atoms with van der Waals surface area (Å²) in [5, 5.41) is 8.53. The smallest absolute Gasteiger partial charge is 0.323 e. The third kappa shape index (κ3) is 3.89. The fourth-order valence-electron chi connectivity index (χ4n) is 0.922. The number of hydrogen-bond donors (Lipinski definition) is 2. The van der Waals surface area contributed by atoms with Crippen LogP contribution in [0.3, 0.4) is 0 Å². The Morgan fingerprint density at radius 2 is 1.85 bits per heavy atom. The van der Waals surface area contributed by atoms with Crippen LogP contribution >= 0.6 is 0 Å². The van der Waals surface area contributed by atoms with Gasteiger partial charge in [0.05, 0.1) is 6.04 Å². The lowest BCUT2D eigenvalue weighted by Gasteiger charge is -2.26. The highest BCUT2D eigenvalue weighted by molar-refractivity contribution is 5.85. The van der Waals surface area contributed by atoms with Gasteiger partial charge in [0.15, 0.2) is 0 Å². The Morgan fingerprint density at radius 3 is 2.08 bits per heavy atom. The quantitative estimate of drug-likeness (QED) is 0.632. The molecule has 0 aromatic rings. The fraction of sp³-hybridized carbons (Fsp3) is 0.750. The Morgan fingerprint density at radius 1 is 1.38 bits per heavy atom. The van der Waals surface area contributed by atoms with Crippen molar-refractivity contribution < 1.29 is 14.7 Å². The number of hydrogen-bond acceptors (Lipinski definition) is 3. The third-order valence-electron chi connectivity index (χ3n) is 1.60. The zero-order valence-electron chi connectivity index (χ0n) is 8.15. The van der Waals surface area contributed by atoms with E-state index in [4.69, 9.17) is 10.8 Å². The molecule has 13 heavy (non-hydrogen) atoms. The van der Waals surface area contributed by atoms with Crippen LogP contribution in [-0.4, -0.2) is 40.5 Å². The predicted octanol–water partition coefficient (Wildman–Crippen LogP) is -0.345. The summed E-state index contributed by atoms with van der Waals surface area (Å²) in [5.41, 5.74) is 5.37. The average molecular weight is 188 g/mol. The SMILES string of the molecule is CC(N)C(=O)N(CC(=O)O)C(C)C. The van der Waals surface area contributed by atoms with Crippen molar-refractivity contribution in [2.75, 3.05) is 6.54 Å². The molecule has 0 heterocycles. The number of nitrogens with two attached hydrogens (primary N) is 1. The molecule has 0 saturated carbocycles. The normalized spacial score (nSPS) is 12.7. The number of carbonyl (C=O) groups excluding carboxylic acids is 1. The number of rotatable bonds is 4. The molecule has 76 valence electrons. The van der Waals surface area contributed by atoms with Gasteiger partial charge in [-0.15, -0.1) is 0 Å². The van der Waals surface area contributed by atoms with Gasteiger partial charge in [0.2, 0.25) is 5.91 Å². The molecule has 0 aromatic carbocycles. The molecule has 5 nitrogen and oxygen atoms in total. The second-order valence-corrected chi connectivity index (χ2v) is 3.24. The van der Waals surface area contributed by atoms with Crippen molar-refractivity contribution in [1.82, 2.24) is 4.90 Å². The van der Waals surface area contributed by atoms with Gasteiger partial charge in [-0.25, -0.2) is 0 Å². The van der Waals surface area contributed by atoms with E-state index in [9.17, 15) is 9.59 Å². The highest BCUT2D eigenvalue weighted by atomic mass is 16.4. The first-order valence-electron chi connectivity index (χ1n) is 4.14. The summed E-state index contributed by atoms with van der Waals surface area (Å²) in [6, 6.07) is -0.795. The van der Waals surface area contributed by atoms with Crippen molar-refractivity contribution >= 4 is 11.9 Å². The van der Waals surface area contributed by atoms with Crippen LogP contribution in [0.15, 0.2) is 0 Å². The van der Waals surface area contributed by atoms with E-state index >= 15 is 0 Å². The lowest BCUT2D eigenvalue weighted by Crippen LogP contribution is -2.47. The minimum Gasteiger partial charge on any atom is -0.480 e. The molecule has 0 aliphatic heterocycles. The zero-order chi connectivity index (χ0) is 10.6. The van der Waals surface area contributed by atoms with Gasteiger partial charge in [-0.3, -0.25) is 9.59 Å². The van der Waals surface area contributed by atoms with Crippen molar-refractivity contribution in [3.63, 3.8) is 0 Å². The Kier molecular flexibility index (Phi) is 4.40. The number of carboxylic acids is 1. The highest BCUT2D eigenvalue weighted by Gasteiger charge is 2.22. The van der Waals surface area contributed by atoms with E-state index in [1.807, 2.05) is 0 Å². The van der Waals surface area contributed by atoms with Gasteiger partial charge < -0.3 is 15.7 Å². The molecule has 0 radical (unpaired) electrons. The van der Waals surface area contributed by atoms with Crippen LogP contribution in [0.25, 0.3) is 0 Å². The number of nitrogens with zero attached hydrogens (tertiary/aromatic N) is 1. The molecule has 0 aromatic heterocycles. The molecule has 3 N–H and O–H groups in total. The summed E-state index contributed by atoms with van der Waals surface area (Å²) in [4.78, 5) is 23.0. The Balaban J connectivity index is 4.42. The lowest BCUT2D eigenvalue weighted by atomic mass is 10.2. The molecular weight excluding hydrogens is 172 g/mol. The minimum atomic E-state index is -1.03. The van der Waals surface area contributed by atoms with E-state index in [1.54, 1.807) is 20.8 Å². The molecule has 0 saturated heterocycles. The molecule has 0 aliphatic rings. The van der Waals surface area contributed by atoms with Gasteiger partial charge in [0.1, 0.15) is 6.54 Å². The number of carboxylic acid groups (broad SMARTS) is 1. The summed E-state index contributed by atoms with van der Waals surface area (Å²) in [6.07, 6.45) is 0. The second kappa shape index (κ2) is 4.81. The van der Waals surface area contributed by atoms with Crippen LogP contribution in [-0.2, 0) is 9.59 Å². The maximum Gasteiger partial charge on any atom is 0.323 e. The van der Waals surface area contributed by atoms with Gasteiger partial charge in [-0.1, -0.05) is 0 Å². The van der Waals surface area contributed by atoms with Crippen molar-refractivity contribution in [3.8, 4) is 0 Å². The van der Waals surface area contributed by atoms with Crippen LogP contribution in [0, 0.1) is 0 Å². The van der Waals surface area contributed by atoms with Crippen LogP contribution in [0.5, 0.6) is 0 Å². The van der Waals surface area contributed by atoms with Gasteiger partial charge in [-0.2, -0.15) is 0 Å². The molecule has 0 bridgehead atoms. The average Bonchev–Trinajstić information content (AvgIpc) is 1.97. The lowest BCUT2D eigenvalue weighted by molar-refractivity contribution is -0.146. The van der Waals surface area contributed by atoms with Crippen molar-refractivity contribution in [3.05, 3.63) is 0 Å². The van der Waals surface area contributed by atoms with Gasteiger partial charge in [0, 0.05) is 6.04 Å². The molecule has 5 heteroatoms. The summed E-state index contributed by atoms with van der Waals surface area (Å²) in [6.45, 7) is 4.75. The Bertz CT molecular complexity index is 202. The van der Waals surface area contributed by atoms with E-state index in [-0.39, 0.29) is 18.5 Å². The first kappa shape index (κ1) is 11.9.